The van der Waals surface area contributed by atoms with Gasteiger partial charge in [-0.3, -0.25) is 4.79 Å². The number of aliphatic hydroxyl groups excluding tert-OH is 1. The highest BCUT2D eigenvalue weighted by Gasteiger charge is 2.30. The molecule has 1 heterocycles. The summed E-state index contributed by atoms with van der Waals surface area (Å²) in [6.45, 7) is 4.07. The monoisotopic (exact) mass is 303 g/mol. The summed E-state index contributed by atoms with van der Waals surface area (Å²) in [5.41, 5.74) is 0.498. The summed E-state index contributed by atoms with van der Waals surface area (Å²) < 4.78 is 0. The lowest BCUT2D eigenvalue weighted by atomic mass is 9.90. The highest BCUT2D eigenvalue weighted by Crippen LogP contribution is 2.27. The zero-order valence-electron chi connectivity index (χ0n) is 12.4. The van der Waals surface area contributed by atoms with E-state index < -0.39 is 11.5 Å². The van der Waals surface area contributed by atoms with Crippen molar-refractivity contribution in [3.05, 3.63) is 58.3 Å². The molecule has 0 unspecified atom stereocenters. The van der Waals surface area contributed by atoms with Crippen LogP contribution in [-0.4, -0.2) is 23.7 Å². The van der Waals surface area contributed by atoms with E-state index in [-0.39, 0.29) is 12.5 Å². The Bertz CT molecular complexity index is 564. The minimum atomic E-state index is -0.574. The standard InChI is InChI=1S/C17H21NO2S/c1-17(2,15-9-6-10-21-15)16(20)18-12-14(19)11-13-7-4-3-5-8-13/h3-10,14,19H,11-12H2,1-2H3,(H,18,20)/t14-/m1/s1. The van der Waals surface area contributed by atoms with E-state index in [0.717, 1.165) is 10.4 Å². The number of rotatable bonds is 6. The van der Waals surface area contributed by atoms with Crippen LogP contribution >= 0.6 is 11.3 Å². The van der Waals surface area contributed by atoms with Gasteiger partial charge in [-0.05, 0) is 30.9 Å². The Hall–Kier alpha value is -1.65. The van der Waals surface area contributed by atoms with Crippen LogP contribution < -0.4 is 5.32 Å². The molecule has 21 heavy (non-hydrogen) atoms. The van der Waals surface area contributed by atoms with E-state index in [1.54, 1.807) is 11.3 Å². The molecule has 1 aromatic carbocycles. The first-order chi connectivity index (χ1) is 10.00. The number of carbonyl (C=O) groups is 1. The summed E-state index contributed by atoms with van der Waals surface area (Å²) in [5, 5.41) is 14.9. The third-order valence-corrected chi connectivity index (χ3v) is 4.71. The van der Waals surface area contributed by atoms with Crippen molar-refractivity contribution in [2.45, 2.75) is 31.8 Å². The van der Waals surface area contributed by atoms with Gasteiger partial charge in [-0.2, -0.15) is 0 Å². The van der Waals surface area contributed by atoms with Gasteiger partial charge >= 0.3 is 0 Å². The van der Waals surface area contributed by atoms with Gasteiger partial charge < -0.3 is 10.4 Å². The predicted molar refractivity (Wildman–Crippen MR) is 86.5 cm³/mol. The first-order valence-electron chi connectivity index (χ1n) is 7.04. The van der Waals surface area contributed by atoms with Crippen LogP contribution in [0.2, 0.25) is 0 Å². The van der Waals surface area contributed by atoms with Crippen LogP contribution in [0, 0.1) is 0 Å². The fraction of sp³-hybridized carbons (Fsp3) is 0.353. The van der Waals surface area contributed by atoms with Gasteiger partial charge in [-0.25, -0.2) is 0 Å². The Morgan fingerprint density at radius 3 is 2.57 bits per heavy atom. The molecule has 2 N–H and O–H groups in total. The van der Waals surface area contributed by atoms with Crippen molar-refractivity contribution in [2.75, 3.05) is 6.54 Å². The summed E-state index contributed by atoms with van der Waals surface area (Å²) in [6, 6.07) is 13.7. The van der Waals surface area contributed by atoms with Gasteiger partial charge in [-0.1, -0.05) is 36.4 Å². The summed E-state index contributed by atoms with van der Waals surface area (Å²) in [6.07, 6.45) is -0.0314. The van der Waals surface area contributed by atoms with Crippen molar-refractivity contribution in [2.24, 2.45) is 0 Å². The molecule has 0 saturated carbocycles. The Kier molecular flexibility index (Phi) is 5.15. The third-order valence-electron chi connectivity index (χ3n) is 3.52. The van der Waals surface area contributed by atoms with Gasteiger partial charge in [0.25, 0.3) is 0 Å². The van der Waals surface area contributed by atoms with E-state index in [9.17, 15) is 9.90 Å². The first kappa shape index (κ1) is 15.7. The summed E-state index contributed by atoms with van der Waals surface area (Å²) in [7, 11) is 0. The zero-order chi connectivity index (χ0) is 15.3. The van der Waals surface area contributed by atoms with Crippen LogP contribution in [-0.2, 0) is 16.6 Å². The smallest absolute Gasteiger partial charge is 0.231 e. The number of carbonyl (C=O) groups excluding carboxylic acids is 1. The molecule has 4 heteroatoms. The van der Waals surface area contributed by atoms with E-state index in [1.165, 1.54) is 0 Å². The Morgan fingerprint density at radius 2 is 1.95 bits per heavy atom. The van der Waals surface area contributed by atoms with Gasteiger partial charge in [-0.15, -0.1) is 11.3 Å². The van der Waals surface area contributed by atoms with Crippen molar-refractivity contribution in [3.63, 3.8) is 0 Å². The largest absolute Gasteiger partial charge is 0.391 e. The molecule has 0 saturated heterocycles. The molecule has 0 radical (unpaired) electrons. The zero-order valence-corrected chi connectivity index (χ0v) is 13.2. The number of nitrogens with one attached hydrogen (secondary N) is 1. The molecule has 1 amide bonds. The molecule has 0 spiro atoms. The molecule has 0 bridgehead atoms. The highest BCUT2D eigenvalue weighted by molar-refractivity contribution is 7.10. The van der Waals surface area contributed by atoms with E-state index in [4.69, 9.17) is 0 Å². The topological polar surface area (TPSA) is 49.3 Å². The van der Waals surface area contributed by atoms with Crippen LogP contribution in [0.15, 0.2) is 47.8 Å². The van der Waals surface area contributed by atoms with Crippen LogP contribution in [0.3, 0.4) is 0 Å². The number of benzene rings is 1. The van der Waals surface area contributed by atoms with E-state index in [2.05, 4.69) is 5.32 Å². The van der Waals surface area contributed by atoms with E-state index in [1.807, 2.05) is 61.7 Å². The van der Waals surface area contributed by atoms with Crippen molar-refractivity contribution in [1.82, 2.24) is 5.32 Å². The molecule has 0 fully saturated rings. The average molecular weight is 303 g/mol. The molecule has 0 aliphatic rings. The molecule has 1 atom stereocenters. The molecular formula is C17H21NO2S. The predicted octanol–water partition coefficient (Wildman–Crippen LogP) is 2.75. The number of hydrogen-bond donors (Lipinski definition) is 2. The fourth-order valence-corrected chi connectivity index (χ4v) is 2.98. The second-order valence-corrected chi connectivity index (χ2v) is 6.60. The van der Waals surface area contributed by atoms with E-state index >= 15 is 0 Å². The minimum absolute atomic E-state index is 0.0583. The van der Waals surface area contributed by atoms with Crippen molar-refractivity contribution < 1.29 is 9.90 Å². The SMILES string of the molecule is CC(C)(C(=O)NC[C@H](O)Cc1ccccc1)c1cccs1. The molecule has 3 nitrogen and oxygen atoms in total. The Morgan fingerprint density at radius 1 is 1.24 bits per heavy atom. The summed E-state index contributed by atoms with van der Waals surface area (Å²) >= 11 is 1.57. The molecule has 2 rings (SSSR count). The Labute approximate surface area is 129 Å². The summed E-state index contributed by atoms with van der Waals surface area (Å²) in [4.78, 5) is 13.3. The fourth-order valence-electron chi connectivity index (χ4n) is 2.14. The van der Waals surface area contributed by atoms with Crippen LogP contribution in [0.5, 0.6) is 0 Å². The third kappa shape index (κ3) is 4.16. The second-order valence-electron chi connectivity index (χ2n) is 5.66. The van der Waals surface area contributed by atoms with Crippen LogP contribution in [0.1, 0.15) is 24.3 Å². The van der Waals surface area contributed by atoms with Gasteiger partial charge in [0.1, 0.15) is 0 Å². The Balaban J connectivity index is 1.86. The van der Waals surface area contributed by atoms with Crippen molar-refractivity contribution in [1.29, 1.82) is 0 Å². The second kappa shape index (κ2) is 6.87. The maximum Gasteiger partial charge on any atom is 0.231 e. The number of thiophene rings is 1. The molecular weight excluding hydrogens is 282 g/mol. The molecule has 0 aliphatic carbocycles. The molecule has 2 aromatic rings. The maximum atomic E-state index is 12.3. The van der Waals surface area contributed by atoms with Gasteiger partial charge in [0, 0.05) is 17.8 Å². The molecule has 1 aromatic heterocycles. The van der Waals surface area contributed by atoms with Gasteiger partial charge in [0.2, 0.25) is 5.91 Å². The molecule has 0 aliphatic heterocycles. The lowest BCUT2D eigenvalue weighted by molar-refractivity contribution is -0.126. The van der Waals surface area contributed by atoms with Crippen LogP contribution in [0.25, 0.3) is 0 Å². The summed E-state index contributed by atoms with van der Waals surface area (Å²) in [5.74, 6) is -0.0583. The van der Waals surface area contributed by atoms with E-state index in [0.29, 0.717) is 6.42 Å². The average Bonchev–Trinajstić information content (AvgIpc) is 3.00. The van der Waals surface area contributed by atoms with Gasteiger partial charge in [0.15, 0.2) is 0 Å². The van der Waals surface area contributed by atoms with Crippen molar-refractivity contribution in [3.8, 4) is 0 Å². The van der Waals surface area contributed by atoms with Gasteiger partial charge in [0.05, 0.1) is 11.5 Å². The van der Waals surface area contributed by atoms with Crippen molar-refractivity contribution >= 4 is 17.2 Å². The van der Waals surface area contributed by atoms with Crippen LogP contribution in [0.4, 0.5) is 0 Å². The normalized spacial score (nSPS) is 12.9. The maximum absolute atomic E-state index is 12.3. The number of hydrogen-bond acceptors (Lipinski definition) is 3. The lowest BCUT2D eigenvalue weighted by Gasteiger charge is -2.23. The number of aliphatic hydroxyl groups is 1. The number of amides is 1. The minimum Gasteiger partial charge on any atom is -0.391 e. The lowest BCUT2D eigenvalue weighted by Crippen LogP contribution is -2.43. The first-order valence-corrected chi connectivity index (χ1v) is 7.92. The quantitative estimate of drug-likeness (QED) is 0.862. The molecule has 112 valence electrons. The highest BCUT2D eigenvalue weighted by atomic mass is 32.1.